The Morgan fingerprint density at radius 1 is 1.31 bits per heavy atom. The Labute approximate surface area is 105 Å². The molecule has 0 aromatic heterocycles. The third-order valence-electron chi connectivity index (χ3n) is 2.11. The third kappa shape index (κ3) is 4.02. The lowest BCUT2D eigenvalue weighted by Crippen LogP contribution is -2.11. The number of anilines is 1. The number of hydrogen-bond acceptors (Lipinski definition) is 3. The number of rotatable bonds is 5. The van der Waals surface area contributed by atoms with Crippen LogP contribution in [0.2, 0.25) is 0 Å². The Balaban J connectivity index is 2.51. The second-order valence-electron chi connectivity index (χ2n) is 3.91. The highest BCUT2D eigenvalue weighted by atomic mass is 79.9. The van der Waals surface area contributed by atoms with Crippen molar-refractivity contribution in [3.05, 3.63) is 22.2 Å². The van der Waals surface area contributed by atoms with Crippen molar-refractivity contribution in [1.29, 1.82) is 0 Å². The second-order valence-corrected chi connectivity index (χ2v) is 4.76. The summed E-state index contributed by atoms with van der Waals surface area (Å²) >= 11 is 3.42. The first kappa shape index (κ1) is 13.3. The standard InChI is InChI=1S/C12H18BrNO2/c1-8(2)15-4-5-16-12-6-9(3)11(14)7-10(12)13/h6-8H,4-5,14H2,1-3H3. The van der Waals surface area contributed by atoms with Gasteiger partial charge in [0.1, 0.15) is 12.4 Å². The fourth-order valence-corrected chi connectivity index (χ4v) is 1.69. The molecule has 0 aliphatic rings. The zero-order chi connectivity index (χ0) is 12.1. The van der Waals surface area contributed by atoms with Gasteiger partial charge in [0.2, 0.25) is 0 Å². The summed E-state index contributed by atoms with van der Waals surface area (Å²) in [5.74, 6) is 0.805. The largest absolute Gasteiger partial charge is 0.490 e. The van der Waals surface area contributed by atoms with Crippen LogP contribution in [0.3, 0.4) is 0 Å². The summed E-state index contributed by atoms with van der Waals surface area (Å²) < 4.78 is 11.9. The van der Waals surface area contributed by atoms with E-state index >= 15 is 0 Å². The molecule has 0 fully saturated rings. The minimum absolute atomic E-state index is 0.236. The number of halogens is 1. The van der Waals surface area contributed by atoms with Crippen LogP contribution in [0.4, 0.5) is 5.69 Å². The smallest absolute Gasteiger partial charge is 0.134 e. The van der Waals surface area contributed by atoms with Crippen LogP contribution in [0.1, 0.15) is 19.4 Å². The number of benzene rings is 1. The Morgan fingerprint density at radius 3 is 2.62 bits per heavy atom. The molecule has 1 aromatic carbocycles. The molecule has 1 aromatic rings. The predicted octanol–water partition coefficient (Wildman–Crippen LogP) is 3.14. The molecular formula is C12H18BrNO2. The van der Waals surface area contributed by atoms with Crippen LogP contribution in [0.5, 0.6) is 5.75 Å². The molecule has 0 bridgehead atoms. The van der Waals surface area contributed by atoms with Gasteiger partial charge in [-0.15, -0.1) is 0 Å². The number of aryl methyl sites for hydroxylation is 1. The zero-order valence-electron chi connectivity index (χ0n) is 9.92. The second kappa shape index (κ2) is 6.11. The van der Waals surface area contributed by atoms with E-state index in [0.29, 0.717) is 13.2 Å². The Hall–Kier alpha value is -0.740. The molecule has 4 heteroatoms. The fourth-order valence-electron chi connectivity index (χ4n) is 1.22. The molecule has 0 heterocycles. The molecule has 1 rings (SSSR count). The first-order valence-corrected chi connectivity index (χ1v) is 6.10. The number of ether oxygens (including phenoxy) is 2. The zero-order valence-corrected chi connectivity index (χ0v) is 11.5. The van der Waals surface area contributed by atoms with E-state index in [2.05, 4.69) is 15.9 Å². The Morgan fingerprint density at radius 2 is 2.00 bits per heavy atom. The Bertz CT molecular complexity index is 353. The summed E-state index contributed by atoms with van der Waals surface area (Å²) in [5.41, 5.74) is 7.55. The van der Waals surface area contributed by atoms with Crippen molar-refractivity contribution >= 4 is 21.6 Å². The predicted molar refractivity (Wildman–Crippen MR) is 69.9 cm³/mol. The van der Waals surface area contributed by atoms with Gasteiger partial charge in [-0.1, -0.05) is 0 Å². The maximum Gasteiger partial charge on any atom is 0.134 e. The van der Waals surface area contributed by atoms with Crippen molar-refractivity contribution in [2.75, 3.05) is 18.9 Å². The van der Waals surface area contributed by atoms with E-state index in [1.165, 1.54) is 0 Å². The number of hydrogen-bond donors (Lipinski definition) is 1. The van der Waals surface area contributed by atoms with E-state index in [4.69, 9.17) is 15.2 Å². The highest BCUT2D eigenvalue weighted by Crippen LogP contribution is 2.29. The van der Waals surface area contributed by atoms with Crippen molar-refractivity contribution < 1.29 is 9.47 Å². The minimum atomic E-state index is 0.236. The SMILES string of the molecule is Cc1cc(OCCOC(C)C)c(Br)cc1N. The van der Waals surface area contributed by atoms with Crippen LogP contribution in [0.25, 0.3) is 0 Å². The molecule has 0 aliphatic carbocycles. The molecular weight excluding hydrogens is 270 g/mol. The van der Waals surface area contributed by atoms with Crippen LogP contribution < -0.4 is 10.5 Å². The summed E-state index contributed by atoms with van der Waals surface area (Å²) in [7, 11) is 0. The molecule has 90 valence electrons. The van der Waals surface area contributed by atoms with Gasteiger partial charge in [-0.2, -0.15) is 0 Å². The summed E-state index contributed by atoms with van der Waals surface area (Å²) in [4.78, 5) is 0. The summed E-state index contributed by atoms with van der Waals surface area (Å²) in [6.07, 6.45) is 0.236. The first-order chi connectivity index (χ1) is 7.50. The van der Waals surface area contributed by atoms with Gasteiger partial charge < -0.3 is 15.2 Å². The average molecular weight is 288 g/mol. The van der Waals surface area contributed by atoms with Crippen molar-refractivity contribution in [2.45, 2.75) is 26.9 Å². The van der Waals surface area contributed by atoms with Crippen molar-refractivity contribution in [1.82, 2.24) is 0 Å². The molecule has 16 heavy (non-hydrogen) atoms. The molecule has 0 saturated carbocycles. The third-order valence-corrected chi connectivity index (χ3v) is 2.73. The monoisotopic (exact) mass is 287 g/mol. The van der Waals surface area contributed by atoms with Crippen LogP contribution in [-0.4, -0.2) is 19.3 Å². The van der Waals surface area contributed by atoms with Gasteiger partial charge in [-0.3, -0.25) is 0 Å². The van der Waals surface area contributed by atoms with Gasteiger partial charge >= 0.3 is 0 Å². The van der Waals surface area contributed by atoms with E-state index < -0.39 is 0 Å². The summed E-state index contributed by atoms with van der Waals surface area (Å²) in [6.45, 7) is 7.10. The minimum Gasteiger partial charge on any atom is -0.490 e. The van der Waals surface area contributed by atoms with Crippen LogP contribution >= 0.6 is 15.9 Å². The van der Waals surface area contributed by atoms with Crippen LogP contribution in [-0.2, 0) is 4.74 Å². The lowest BCUT2D eigenvalue weighted by molar-refractivity contribution is 0.0551. The molecule has 0 atom stereocenters. The first-order valence-electron chi connectivity index (χ1n) is 5.30. The van der Waals surface area contributed by atoms with E-state index in [-0.39, 0.29) is 6.10 Å². The van der Waals surface area contributed by atoms with Crippen LogP contribution in [0.15, 0.2) is 16.6 Å². The fraction of sp³-hybridized carbons (Fsp3) is 0.500. The highest BCUT2D eigenvalue weighted by molar-refractivity contribution is 9.10. The molecule has 0 aliphatic heterocycles. The van der Waals surface area contributed by atoms with E-state index in [0.717, 1.165) is 21.5 Å². The summed E-state index contributed by atoms with van der Waals surface area (Å²) in [5, 5.41) is 0. The van der Waals surface area contributed by atoms with E-state index in [9.17, 15) is 0 Å². The molecule has 0 radical (unpaired) electrons. The maximum atomic E-state index is 5.77. The van der Waals surface area contributed by atoms with Gasteiger partial charge in [-0.05, 0) is 54.4 Å². The molecule has 0 saturated heterocycles. The lowest BCUT2D eigenvalue weighted by atomic mass is 10.2. The van der Waals surface area contributed by atoms with Gasteiger partial charge in [-0.25, -0.2) is 0 Å². The molecule has 0 amide bonds. The van der Waals surface area contributed by atoms with Gasteiger partial charge in [0.15, 0.2) is 0 Å². The maximum absolute atomic E-state index is 5.77. The van der Waals surface area contributed by atoms with Gasteiger partial charge in [0, 0.05) is 5.69 Å². The van der Waals surface area contributed by atoms with Crippen molar-refractivity contribution in [2.24, 2.45) is 0 Å². The number of nitrogen functional groups attached to an aromatic ring is 1. The normalized spacial score (nSPS) is 10.8. The van der Waals surface area contributed by atoms with Gasteiger partial charge in [0.05, 0.1) is 17.2 Å². The van der Waals surface area contributed by atoms with Crippen molar-refractivity contribution in [3.63, 3.8) is 0 Å². The topological polar surface area (TPSA) is 44.5 Å². The lowest BCUT2D eigenvalue weighted by Gasteiger charge is -2.12. The molecule has 3 nitrogen and oxygen atoms in total. The van der Waals surface area contributed by atoms with E-state index in [1.54, 1.807) is 0 Å². The number of nitrogens with two attached hydrogens (primary N) is 1. The quantitative estimate of drug-likeness (QED) is 0.668. The van der Waals surface area contributed by atoms with Gasteiger partial charge in [0.25, 0.3) is 0 Å². The summed E-state index contributed by atoms with van der Waals surface area (Å²) in [6, 6.07) is 3.78. The van der Waals surface area contributed by atoms with E-state index in [1.807, 2.05) is 32.9 Å². The molecule has 0 spiro atoms. The van der Waals surface area contributed by atoms with Crippen molar-refractivity contribution in [3.8, 4) is 5.75 Å². The Kier molecular flexibility index (Phi) is 5.09. The molecule has 0 unspecified atom stereocenters. The van der Waals surface area contributed by atoms with Crippen LogP contribution in [0, 0.1) is 6.92 Å². The average Bonchev–Trinajstić information content (AvgIpc) is 2.19. The highest BCUT2D eigenvalue weighted by Gasteiger charge is 2.04. The molecule has 2 N–H and O–H groups in total.